The Morgan fingerprint density at radius 1 is 1.50 bits per heavy atom. The van der Waals surface area contributed by atoms with E-state index in [9.17, 15) is 9.18 Å². The van der Waals surface area contributed by atoms with Gasteiger partial charge in [-0.25, -0.2) is 4.39 Å². The van der Waals surface area contributed by atoms with Crippen LogP contribution in [0.5, 0.6) is 0 Å². The van der Waals surface area contributed by atoms with E-state index in [-0.39, 0.29) is 11.6 Å². The minimum absolute atomic E-state index is 0.253. The van der Waals surface area contributed by atoms with Crippen molar-refractivity contribution in [1.82, 2.24) is 4.40 Å². The van der Waals surface area contributed by atoms with Crippen LogP contribution >= 0.6 is 15.9 Å². The van der Waals surface area contributed by atoms with Crippen LogP contribution in [0.25, 0.3) is 5.52 Å². The highest BCUT2D eigenvalue weighted by Gasteiger charge is 2.11. The minimum Gasteiger partial charge on any atom is -0.324 e. The molecule has 0 spiro atoms. The molecule has 1 atom stereocenters. The molecule has 0 aliphatic carbocycles. The molecule has 0 bridgehead atoms. The van der Waals surface area contributed by atoms with Crippen LogP contribution in [-0.4, -0.2) is 4.40 Å². The van der Waals surface area contributed by atoms with Crippen molar-refractivity contribution in [1.29, 1.82) is 0 Å². The second kappa shape index (κ2) is 3.99. The lowest BCUT2D eigenvalue weighted by Crippen LogP contribution is -2.17. The molecular formula is C11H10BrFN2O. The van der Waals surface area contributed by atoms with Gasteiger partial charge in [0.2, 0.25) is 0 Å². The minimum atomic E-state index is -0.449. The summed E-state index contributed by atoms with van der Waals surface area (Å²) in [6.07, 6.45) is 1.16. The van der Waals surface area contributed by atoms with E-state index in [2.05, 4.69) is 15.9 Å². The third-order valence-corrected chi connectivity index (χ3v) is 3.26. The first kappa shape index (κ1) is 11.3. The summed E-state index contributed by atoms with van der Waals surface area (Å²) in [7, 11) is 0. The zero-order chi connectivity index (χ0) is 11.9. The van der Waals surface area contributed by atoms with Crippen LogP contribution < -0.4 is 11.3 Å². The number of halogens is 2. The summed E-state index contributed by atoms with van der Waals surface area (Å²) >= 11 is 3.38. The fourth-order valence-electron chi connectivity index (χ4n) is 1.58. The summed E-state index contributed by atoms with van der Waals surface area (Å²) in [5.41, 5.74) is 6.80. The molecule has 5 heteroatoms. The Hall–Kier alpha value is -1.20. The number of nitrogens with two attached hydrogens (primary N) is 1. The molecule has 0 aliphatic rings. The van der Waals surface area contributed by atoms with Gasteiger partial charge in [-0.15, -0.1) is 0 Å². The van der Waals surface area contributed by atoms with Gasteiger partial charge < -0.3 is 5.73 Å². The third-order valence-electron chi connectivity index (χ3n) is 2.40. The Kier molecular flexibility index (Phi) is 2.82. The SMILES string of the molecule is CC(N)c1cc(=O)n2cc(F)ccc2c1Br. The molecule has 0 saturated carbocycles. The topological polar surface area (TPSA) is 47.5 Å². The molecule has 2 N–H and O–H groups in total. The van der Waals surface area contributed by atoms with Gasteiger partial charge in [-0.2, -0.15) is 0 Å². The molecular weight excluding hydrogens is 275 g/mol. The molecule has 1 unspecified atom stereocenters. The van der Waals surface area contributed by atoms with Crippen molar-refractivity contribution in [2.24, 2.45) is 5.73 Å². The molecule has 2 aromatic rings. The van der Waals surface area contributed by atoms with Gasteiger partial charge in [-0.05, 0) is 40.5 Å². The molecule has 0 aromatic carbocycles. The summed E-state index contributed by atoms with van der Waals surface area (Å²) in [6.45, 7) is 1.79. The highest BCUT2D eigenvalue weighted by atomic mass is 79.9. The fourth-order valence-corrected chi connectivity index (χ4v) is 2.38. The zero-order valence-electron chi connectivity index (χ0n) is 8.58. The second-order valence-corrected chi connectivity index (χ2v) is 4.44. The van der Waals surface area contributed by atoms with E-state index >= 15 is 0 Å². The fraction of sp³-hybridized carbons (Fsp3) is 0.182. The van der Waals surface area contributed by atoms with Gasteiger partial charge in [-0.1, -0.05) is 0 Å². The molecule has 3 nitrogen and oxygen atoms in total. The van der Waals surface area contributed by atoms with Gasteiger partial charge in [0.05, 0.1) is 5.52 Å². The quantitative estimate of drug-likeness (QED) is 0.873. The second-order valence-electron chi connectivity index (χ2n) is 3.64. The van der Waals surface area contributed by atoms with Crippen molar-refractivity contribution in [2.75, 3.05) is 0 Å². The number of hydrogen-bond donors (Lipinski definition) is 1. The van der Waals surface area contributed by atoms with Crippen LogP contribution in [0.2, 0.25) is 0 Å². The predicted molar refractivity (Wildman–Crippen MR) is 63.9 cm³/mol. The standard InChI is InChI=1S/C11H10BrFN2O/c1-6(14)8-4-10(16)15-5-7(13)2-3-9(15)11(8)12/h2-6H,14H2,1H3. The number of pyridine rings is 2. The molecule has 0 fully saturated rings. The maximum atomic E-state index is 13.0. The Labute approximate surface area is 99.8 Å². The number of nitrogens with zero attached hydrogens (tertiary/aromatic N) is 1. The monoisotopic (exact) mass is 284 g/mol. The van der Waals surface area contributed by atoms with Crippen LogP contribution in [-0.2, 0) is 0 Å². The summed E-state index contributed by atoms with van der Waals surface area (Å²) in [4.78, 5) is 11.7. The van der Waals surface area contributed by atoms with Crippen molar-refractivity contribution in [3.05, 3.63) is 50.6 Å². The average Bonchev–Trinajstić information content (AvgIpc) is 2.22. The van der Waals surface area contributed by atoms with E-state index in [0.717, 1.165) is 16.2 Å². The zero-order valence-corrected chi connectivity index (χ0v) is 10.2. The highest BCUT2D eigenvalue weighted by Crippen LogP contribution is 2.25. The Morgan fingerprint density at radius 2 is 2.19 bits per heavy atom. The van der Waals surface area contributed by atoms with Crippen LogP contribution in [0.4, 0.5) is 4.39 Å². The molecule has 0 amide bonds. The molecule has 0 saturated heterocycles. The van der Waals surface area contributed by atoms with Crippen molar-refractivity contribution in [2.45, 2.75) is 13.0 Å². The number of fused-ring (bicyclic) bond motifs is 1. The number of rotatable bonds is 1. The van der Waals surface area contributed by atoms with Crippen molar-refractivity contribution < 1.29 is 4.39 Å². The first-order valence-corrected chi connectivity index (χ1v) is 5.56. The van der Waals surface area contributed by atoms with Crippen molar-refractivity contribution >= 4 is 21.4 Å². The van der Waals surface area contributed by atoms with Crippen molar-refractivity contribution in [3.8, 4) is 0 Å². The molecule has 2 rings (SSSR count). The lowest BCUT2D eigenvalue weighted by molar-refractivity contribution is 0.617. The van der Waals surface area contributed by atoms with Crippen LogP contribution in [0.15, 0.2) is 33.7 Å². The molecule has 84 valence electrons. The summed E-state index contributed by atoms with van der Waals surface area (Å²) < 4.78 is 15.0. The van der Waals surface area contributed by atoms with E-state index in [1.165, 1.54) is 16.5 Å². The first-order chi connectivity index (χ1) is 7.50. The van der Waals surface area contributed by atoms with E-state index in [1.54, 1.807) is 13.0 Å². The van der Waals surface area contributed by atoms with E-state index in [4.69, 9.17) is 5.73 Å². The van der Waals surface area contributed by atoms with Gasteiger partial charge >= 0.3 is 0 Å². The summed E-state index contributed by atoms with van der Waals surface area (Å²) in [5, 5.41) is 0. The van der Waals surface area contributed by atoms with Crippen LogP contribution in [0, 0.1) is 5.82 Å². The van der Waals surface area contributed by atoms with Gasteiger partial charge in [0.25, 0.3) is 5.56 Å². The van der Waals surface area contributed by atoms with E-state index in [1.807, 2.05) is 0 Å². The largest absolute Gasteiger partial charge is 0.324 e. The summed E-state index contributed by atoms with van der Waals surface area (Å²) in [6, 6.07) is 4.02. The van der Waals surface area contributed by atoms with E-state index in [0.29, 0.717) is 5.52 Å². The first-order valence-electron chi connectivity index (χ1n) is 4.76. The van der Waals surface area contributed by atoms with E-state index < -0.39 is 5.82 Å². The van der Waals surface area contributed by atoms with Gasteiger partial charge in [-0.3, -0.25) is 9.20 Å². The highest BCUT2D eigenvalue weighted by molar-refractivity contribution is 9.10. The molecule has 0 aliphatic heterocycles. The Morgan fingerprint density at radius 3 is 2.81 bits per heavy atom. The average molecular weight is 285 g/mol. The van der Waals surface area contributed by atoms with Crippen molar-refractivity contribution in [3.63, 3.8) is 0 Å². The van der Waals surface area contributed by atoms with Gasteiger partial charge in [0.1, 0.15) is 5.82 Å². The maximum Gasteiger partial charge on any atom is 0.255 e. The third kappa shape index (κ3) is 1.76. The van der Waals surface area contributed by atoms with Gasteiger partial charge in [0, 0.05) is 22.8 Å². The normalized spacial score (nSPS) is 13.0. The smallest absolute Gasteiger partial charge is 0.255 e. The molecule has 2 aromatic heterocycles. The molecule has 16 heavy (non-hydrogen) atoms. The number of aromatic nitrogens is 1. The maximum absolute atomic E-state index is 13.0. The van der Waals surface area contributed by atoms with Crippen LogP contribution in [0.1, 0.15) is 18.5 Å². The molecule has 0 radical (unpaired) electrons. The summed E-state index contributed by atoms with van der Waals surface area (Å²) in [5.74, 6) is -0.449. The lowest BCUT2D eigenvalue weighted by Gasteiger charge is -2.11. The Bertz CT molecular complexity index is 607. The molecule has 2 heterocycles. The lowest BCUT2D eigenvalue weighted by atomic mass is 10.1. The van der Waals surface area contributed by atoms with Crippen LogP contribution in [0.3, 0.4) is 0 Å². The number of hydrogen-bond acceptors (Lipinski definition) is 2. The predicted octanol–water partition coefficient (Wildman–Crippen LogP) is 2.22. The Balaban J connectivity index is 2.90. The van der Waals surface area contributed by atoms with Gasteiger partial charge in [0.15, 0.2) is 0 Å².